The van der Waals surface area contributed by atoms with E-state index in [2.05, 4.69) is 11.9 Å². The Labute approximate surface area is 175 Å². The van der Waals surface area contributed by atoms with Crippen LogP contribution in [0, 0.1) is 5.82 Å². The van der Waals surface area contributed by atoms with Crippen LogP contribution < -0.4 is 5.32 Å². The van der Waals surface area contributed by atoms with Gasteiger partial charge in [-0.2, -0.15) is 0 Å². The number of nitrogens with one attached hydrogen (secondary N) is 1. The van der Waals surface area contributed by atoms with E-state index in [0.717, 1.165) is 58.2 Å². The monoisotopic (exact) mass is 404 g/mol. The Morgan fingerprint density at radius 1 is 1.14 bits per heavy atom. The molecule has 1 saturated carbocycles. The second-order valence-electron chi connectivity index (χ2n) is 7.97. The smallest absolute Gasteiger partial charge is 0.253 e. The molecular weight excluding hydrogens is 367 g/mol. The Morgan fingerprint density at radius 3 is 2.52 bits per heavy atom. The van der Waals surface area contributed by atoms with Gasteiger partial charge in [-0.05, 0) is 82.3 Å². The fraction of sp³-hybridized carbons (Fsp3) is 0.625. The molecule has 1 amide bonds. The molecule has 0 bridgehead atoms. The van der Waals surface area contributed by atoms with Crippen molar-refractivity contribution in [3.8, 4) is 0 Å². The number of ether oxygens (including phenoxy) is 1. The molecule has 1 aliphatic rings. The van der Waals surface area contributed by atoms with Crippen molar-refractivity contribution in [3.63, 3.8) is 0 Å². The predicted octanol–water partition coefficient (Wildman–Crippen LogP) is 4.95. The number of carbonyl (C=O) groups excluding carboxylic acids is 1. The van der Waals surface area contributed by atoms with E-state index in [-0.39, 0.29) is 17.8 Å². The summed E-state index contributed by atoms with van der Waals surface area (Å²) in [6, 6.07) is 6.03. The van der Waals surface area contributed by atoms with Crippen molar-refractivity contribution in [2.45, 2.75) is 69.9 Å². The number of benzene rings is 1. The Hall–Kier alpha value is -1.72. The van der Waals surface area contributed by atoms with Gasteiger partial charge in [0, 0.05) is 25.3 Å². The third-order valence-corrected chi connectivity index (χ3v) is 5.73. The molecule has 5 heteroatoms. The molecule has 1 aromatic rings. The third-order valence-electron chi connectivity index (χ3n) is 5.73. The molecule has 4 nitrogen and oxygen atoms in total. The summed E-state index contributed by atoms with van der Waals surface area (Å²) in [6.45, 7) is 6.67. The van der Waals surface area contributed by atoms with Crippen LogP contribution >= 0.6 is 0 Å². The van der Waals surface area contributed by atoms with Gasteiger partial charge < -0.3 is 15.0 Å². The summed E-state index contributed by atoms with van der Waals surface area (Å²) in [7, 11) is 1.85. The van der Waals surface area contributed by atoms with Gasteiger partial charge in [0.1, 0.15) is 5.82 Å². The second kappa shape index (κ2) is 13.5. The lowest BCUT2D eigenvalue weighted by atomic mass is 9.91. The minimum Gasteiger partial charge on any atom is -0.378 e. The Balaban J connectivity index is 1.54. The molecule has 0 aromatic heterocycles. The summed E-state index contributed by atoms with van der Waals surface area (Å²) in [5.74, 6) is -0.351. The lowest BCUT2D eigenvalue weighted by Crippen LogP contribution is -2.40. The minimum atomic E-state index is -0.318. The van der Waals surface area contributed by atoms with Crippen LogP contribution in [0.25, 0.3) is 0 Å². The van der Waals surface area contributed by atoms with E-state index in [1.807, 2.05) is 18.0 Å². The first-order valence-corrected chi connectivity index (χ1v) is 11.1. The maximum atomic E-state index is 13.1. The molecule has 0 aliphatic heterocycles. The van der Waals surface area contributed by atoms with Gasteiger partial charge in [-0.15, -0.1) is 6.58 Å². The first-order chi connectivity index (χ1) is 14.1. The molecule has 0 unspecified atom stereocenters. The van der Waals surface area contributed by atoms with Crippen molar-refractivity contribution in [1.29, 1.82) is 0 Å². The number of hydrogen-bond acceptors (Lipinski definition) is 3. The number of rotatable bonds is 13. The number of hydrogen-bond donors (Lipinski definition) is 1. The highest BCUT2D eigenvalue weighted by Crippen LogP contribution is 2.25. The lowest BCUT2D eigenvalue weighted by molar-refractivity contribution is 0.00911. The maximum Gasteiger partial charge on any atom is 0.253 e. The zero-order valence-corrected chi connectivity index (χ0v) is 17.9. The molecule has 29 heavy (non-hydrogen) atoms. The van der Waals surface area contributed by atoms with Crippen molar-refractivity contribution < 1.29 is 13.9 Å². The van der Waals surface area contributed by atoms with Crippen molar-refractivity contribution in [3.05, 3.63) is 48.3 Å². The highest BCUT2D eigenvalue weighted by atomic mass is 19.1. The van der Waals surface area contributed by atoms with Gasteiger partial charge in [-0.3, -0.25) is 4.79 Å². The number of unbranched alkanes of at least 4 members (excludes halogenated alkanes) is 3. The van der Waals surface area contributed by atoms with Crippen LogP contribution in [0.5, 0.6) is 0 Å². The van der Waals surface area contributed by atoms with Crippen LogP contribution in [0.1, 0.15) is 68.1 Å². The fourth-order valence-electron chi connectivity index (χ4n) is 3.85. The molecule has 1 aliphatic carbocycles. The Bertz CT molecular complexity index is 597. The Morgan fingerprint density at radius 2 is 1.83 bits per heavy atom. The third kappa shape index (κ3) is 8.67. The quantitative estimate of drug-likeness (QED) is 0.373. The van der Waals surface area contributed by atoms with E-state index in [1.165, 1.54) is 31.4 Å². The molecule has 0 heterocycles. The summed E-state index contributed by atoms with van der Waals surface area (Å²) < 4.78 is 19.1. The average molecular weight is 405 g/mol. The van der Waals surface area contributed by atoms with E-state index in [1.54, 1.807) is 12.1 Å². The van der Waals surface area contributed by atoms with Gasteiger partial charge >= 0.3 is 0 Å². The molecule has 162 valence electrons. The highest BCUT2D eigenvalue weighted by molar-refractivity contribution is 5.94. The molecule has 1 aromatic carbocycles. The molecule has 0 spiro atoms. The molecule has 0 saturated heterocycles. The number of amides is 1. The van der Waals surface area contributed by atoms with Gasteiger partial charge in [-0.1, -0.05) is 18.9 Å². The van der Waals surface area contributed by atoms with Crippen molar-refractivity contribution in [2.24, 2.45) is 0 Å². The lowest BCUT2D eigenvalue weighted by Gasteiger charge is -2.34. The summed E-state index contributed by atoms with van der Waals surface area (Å²) in [6.07, 6.45) is 12.0. The molecule has 2 rings (SSSR count). The van der Waals surface area contributed by atoms with Crippen molar-refractivity contribution in [1.82, 2.24) is 10.2 Å². The van der Waals surface area contributed by atoms with E-state index in [0.29, 0.717) is 11.7 Å². The summed E-state index contributed by atoms with van der Waals surface area (Å²) in [5.41, 5.74) is 0.545. The molecule has 0 radical (unpaired) electrons. The largest absolute Gasteiger partial charge is 0.378 e. The van der Waals surface area contributed by atoms with Crippen LogP contribution in [-0.2, 0) is 4.74 Å². The van der Waals surface area contributed by atoms with E-state index in [4.69, 9.17) is 4.74 Å². The first-order valence-electron chi connectivity index (χ1n) is 11.1. The molecule has 1 N–H and O–H groups in total. The highest BCUT2D eigenvalue weighted by Gasteiger charge is 2.27. The van der Waals surface area contributed by atoms with Crippen LogP contribution in [0.15, 0.2) is 36.9 Å². The van der Waals surface area contributed by atoms with E-state index < -0.39 is 0 Å². The zero-order chi connectivity index (χ0) is 20.9. The van der Waals surface area contributed by atoms with Crippen LogP contribution in [-0.4, -0.2) is 49.7 Å². The average Bonchev–Trinajstić information content (AvgIpc) is 2.75. The molecule has 0 atom stereocenters. The summed E-state index contributed by atoms with van der Waals surface area (Å²) in [4.78, 5) is 14.4. The van der Waals surface area contributed by atoms with E-state index >= 15 is 0 Å². The van der Waals surface area contributed by atoms with Crippen molar-refractivity contribution in [2.75, 3.05) is 26.7 Å². The van der Waals surface area contributed by atoms with E-state index in [9.17, 15) is 9.18 Å². The molecular formula is C24H37FN2O2. The Kier molecular flexibility index (Phi) is 11.0. The first kappa shape index (κ1) is 23.6. The fourth-order valence-corrected chi connectivity index (χ4v) is 3.85. The summed E-state index contributed by atoms with van der Waals surface area (Å²) in [5, 5.41) is 3.42. The number of halogens is 1. The van der Waals surface area contributed by atoms with Gasteiger partial charge in [0.25, 0.3) is 5.91 Å². The van der Waals surface area contributed by atoms with Crippen LogP contribution in [0.2, 0.25) is 0 Å². The SMILES string of the molecule is C=CCCNCCCCCCO[C@H]1CC[C@H](N(C)C(=O)c2ccc(F)cc2)CC1. The standard InChI is InChI=1S/C24H37FN2O2/c1-3-4-17-26-18-7-5-6-8-19-29-23-15-13-22(14-16-23)27(2)24(28)20-9-11-21(25)12-10-20/h3,9-12,22-23,26H,1,4-8,13-19H2,2H3/t22-,23-. The maximum absolute atomic E-state index is 13.1. The second-order valence-corrected chi connectivity index (χ2v) is 7.97. The van der Waals surface area contributed by atoms with Gasteiger partial charge in [0.2, 0.25) is 0 Å². The van der Waals surface area contributed by atoms with Gasteiger partial charge in [0.15, 0.2) is 0 Å². The van der Waals surface area contributed by atoms with Crippen molar-refractivity contribution >= 4 is 5.91 Å². The predicted molar refractivity (Wildman–Crippen MR) is 117 cm³/mol. The topological polar surface area (TPSA) is 41.6 Å². The summed E-state index contributed by atoms with van der Waals surface area (Å²) >= 11 is 0. The van der Waals surface area contributed by atoms with Gasteiger partial charge in [-0.25, -0.2) is 4.39 Å². The number of carbonyl (C=O) groups is 1. The van der Waals surface area contributed by atoms with Crippen LogP contribution in [0.4, 0.5) is 4.39 Å². The normalized spacial score (nSPS) is 19.1. The minimum absolute atomic E-state index is 0.0339. The van der Waals surface area contributed by atoms with Gasteiger partial charge in [0.05, 0.1) is 6.10 Å². The number of nitrogens with zero attached hydrogens (tertiary/aromatic N) is 1. The van der Waals surface area contributed by atoms with Crippen LogP contribution in [0.3, 0.4) is 0 Å². The zero-order valence-electron chi connectivity index (χ0n) is 17.9. The molecule has 1 fully saturated rings.